The third kappa shape index (κ3) is 4.59. The Bertz CT molecular complexity index is 803. The smallest absolute Gasteiger partial charge is 0.357 e. The molecule has 1 fully saturated rings. The standard InChI is InChI=1S/C22H28N2O3/c1-3-5-12-18-20(22(25)26-15-4-2)24-14-9-13-19(21(24)23-18)27-16-17-10-7-6-8-11-17/h3-4,9,13-14,17H,1-2,5-8,10-12,15-16H2. The molecule has 1 saturated carbocycles. The van der Waals surface area contributed by atoms with E-state index in [-0.39, 0.29) is 6.61 Å². The van der Waals surface area contributed by atoms with Crippen molar-refractivity contribution in [3.8, 4) is 5.75 Å². The van der Waals surface area contributed by atoms with E-state index in [1.807, 2.05) is 24.4 Å². The fourth-order valence-corrected chi connectivity index (χ4v) is 3.60. The minimum Gasteiger partial charge on any atom is -0.489 e. The van der Waals surface area contributed by atoms with Crippen LogP contribution in [0.1, 0.15) is 54.7 Å². The molecule has 5 nitrogen and oxygen atoms in total. The van der Waals surface area contributed by atoms with Gasteiger partial charge in [0.05, 0.1) is 12.3 Å². The Morgan fingerprint density at radius 3 is 2.81 bits per heavy atom. The summed E-state index contributed by atoms with van der Waals surface area (Å²) in [4.78, 5) is 17.3. The van der Waals surface area contributed by atoms with Gasteiger partial charge in [-0.1, -0.05) is 38.0 Å². The van der Waals surface area contributed by atoms with E-state index in [9.17, 15) is 4.79 Å². The quantitative estimate of drug-likeness (QED) is 0.473. The van der Waals surface area contributed by atoms with Gasteiger partial charge in [-0.25, -0.2) is 9.78 Å². The number of rotatable bonds is 9. The van der Waals surface area contributed by atoms with Gasteiger partial charge in [0.25, 0.3) is 0 Å². The van der Waals surface area contributed by atoms with E-state index in [2.05, 4.69) is 13.2 Å². The molecule has 0 unspecified atom stereocenters. The molecule has 0 saturated heterocycles. The molecular weight excluding hydrogens is 340 g/mol. The number of pyridine rings is 1. The molecule has 1 aliphatic rings. The summed E-state index contributed by atoms with van der Waals surface area (Å²) in [7, 11) is 0. The Balaban J connectivity index is 1.89. The first-order chi connectivity index (χ1) is 13.2. The van der Waals surface area contributed by atoms with E-state index in [4.69, 9.17) is 14.5 Å². The van der Waals surface area contributed by atoms with Crippen LogP contribution in [0.15, 0.2) is 43.6 Å². The predicted octanol–water partition coefficient (Wildman–Crippen LogP) is 4.75. The van der Waals surface area contributed by atoms with Gasteiger partial charge in [0, 0.05) is 6.20 Å². The van der Waals surface area contributed by atoms with Crippen molar-refractivity contribution in [1.82, 2.24) is 9.38 Å². The number of imidazole rings is 1. The molecule has 2 aromatic rings. The SMILES string of the molecule is C=CCCc1nc2c(OCC3CCCCC3)cccn2c1C(=O)OCC=C. The molecule has 2 aromatic heterocycles. The van der Waals surface area contributed by atoms with Gasteiger partial charge in [-0.05, 0) is 43.7 Å². The lowest BCUT2D eigenvalue weighted by atomic mass is 9.90. The summed E-state index contributed by atoms with van der Waals surface area (Å²) < 4.78 is 13.2. The number of fused-ring (bicyclic) bond motifs is 1. The van der Waals surface area contributed by atoms with Crippen LogP contribution in [0.25, 0.3) is 5.65 Å². The van der Waals surface area contributed by atoms with Crippen molar-refractivity contribution in [2.75, 3.05) is 13.2 Å². The zero-order valence-electron chi connectivity index (χ0n) is 15.9. The monoisotopic (exact) mass is 368 g/mol. The summed E-state index contributed by atoms with van der Waals surface area (Å²) in [5.74, 6) is 0.919. The molecule has 0 aliphatic heterocycles. The van der Waals surface area contributed by atoms with Crippen LogP contribution in [0.3, 0.4) is 0 Å². The van der Waals surface area contributed by atoms with Crippen molar-refractivity contribution in [3.05, 3.63) is 55.0 Å². The van der Waals surface area contributed by atoms with Crippen LogP contribution in [0.2, 0.25) is 0 Å². The molecule has 27 heavy (non-hydrogen) atoms. The maximum atomic E-state index is 12.6. The molecule has 2 heterocycles. The largest absolute Gasteiger partial charge is 0.489 e. The van der Waals surface area contributed by atoms with Crippen molar-refractivity contribution < 1.29 is 14.3 Å². The van der Waals surface area contributed by atoms with E-state index in [0.29, 0.717) is 41.7 Å². The van der Waals surface area contributed by atoms with Crippen LogP contribution in [0, 0.1) is 5.92 Å². The number of aromatic nitrogens is 2. The molecule has 144 valence electrons. The number of esters is 1. The molecule has 0 spiro atoms. The molecule has 1 aliphatic carbocycles. The van der Waals surface area contributed by atoms with Gasteiger partial charge in [-0.2, -0.15) is 0 Å². The molecular formula is C22H28N2O3. The van der Waals surface area contributed by atoms with Gasteiger partial charge in [0.1, 0.15) is 6.61 Å². The Labute approximate surface area is 160 Å². The van der Waals surface area contributed by atoms with E-state index in [1.54, 1.807) is 10.5 Å². The van der Waals surface area contributed by atoms with Gasteiger partial charge in [0.15, 0.2) is 17.1 Å². The lowest BCUT2D eigenvalue weighted by molar-refractivity contribution is 0.0540. The van der Waals surface area contributed by atoms with Gasteiger partial charge >= 0.3 is 5.97 Å². The molecule has 3 rings (SSSR count). The normalized spacial score (nSPS) is 14.8. The molecule has 0 radical (unpaired) electrons. The number of hydrogen-bond acceptors (Lipinski definition) is 4. The maximum absolute atomic E-state index is 12.6. The van der Waals surface area contributed by atoms with Crippen LogP contribution in [0.4, 0.5) is 0 Å². The maximum Gasteiger partial charge on any atom is 0.357 e. The number of carbonyl (C=O) groups excluding carboxylic acids is 1. The Morgan fingerprint density at radius 1 is 1.26 bits per heavy atom. The highest BCUT2D eigenvalue weighted by molar-refractivity contribution is 5.90. The van der Waals surface area contributed by atoms with Crippen molar-refractivity contribution in [2.24, 2.45) is 5.92 Å². The highest BCUT2D eigenvalue weighted by atomic mass is 16.5. The highest BCUT2D eigenvalue weighted by Crippen LogP contribution is 2.27. The molecule has 0 bridgehead atoms. The van der Waals surface area contributed by atoms with Crippen LogP contribution in [-0.2, 0) is 11.2 Å². The average molecular weight is 368 g/mol. The predicted molar refractivity (Wildman–Crippen MR) is 106 cm³/mol. The van der Waals surface area contributed by atoms with E-state index in [0.717, 1.165) is 6.42 Å². The fourth-order valence-electron chi connectivity index (χ4n) is 3.60. The summed E-state index contributed by atoms with van der Waals surface area (Å²) in [6, 6.07) is 3.80. The fraction of sp³-hybridized carbons (Fsp3) is 0.455. The van der Waals surface area contributed by atoms with Crippen LogP contribution >= 0.6 is 0 Å². The first-order valence-corrected chi connectivity index (χ1v) is 9.76. The number of nitrogens with zero attached hydrogens (tertiary/aromatic N) is 2. The third-order valence-corrected chi connectivity index (χ3v) is 5.00. The lowest BCUT2D eigenvalue weighted by Gasteiger charge is -2.21. The number of hydrogen-bond donors (Lipinski definition) is 0. The topological polar surface area (TPSA) is 52.8 Å². The lowest BCUT2D eigenvalue weighted by Crippen LogP contribution is -2.15. The van der Waals surface area contributed by atoms with Gasteiger partial charge in [0.2, 0.25) is 0 Å². The van der Waals surface area contributed by atoms with E-state index >= 15 is 0 Å². The second-order valence-electron chi connectivity index (χ2n) is 7.00. The highest BCUT2D eigenvalue weighted by Gasteiger charge is 2.22. The molecule has 0 N–H and O–H groups in total. The number of aryl methyl sites for hydroxylation is 1. The van der Waals surface area contributed by atoms with Crippen LogP contribution in [0.5, 0.6) is 5.75 Å². The zero-order chi connectivity index (χ0) is 19.1. The van der Waals surface area contributed by atoms with E-state index in [1.165, 1.54) is 32.1 Å². The molecule has 5 heteroatoms. The third-order valence-electron chi connectivity index (χ3n) is 5.00. The van der Waals surface area contributed by atoms with Crippen molar-refractivity contribution in [3.63, 3.8) is 0 Å². The van der Waals surface area contributed by atoms with Crippen molar-refractivity contribution in [1.29, 1.82) is 0 Å². The Hall–Kier alpha value is -2.56. The number of carbonyl (C=O) groups is 1. The van der Waals surface area contributed by atoms with Gasteiger partial charge in [-0.15, -0.1) is 6.58 Å². The van der Waals surface area contributed by atoms with Gasteiger partial charge in [-0.3, -0.25) is 4.40 Å². The minimum atomic E-state index is -0.397. The Kier molecular flexibility index (Phi) is 6.69. The second kappa shape index (κ2) is 9.40. The van der Waals surface area contributed by atoms with Crippen LogP contribution < -0.4 is 4.74 Å². The van der Waals surface area contributed by atoms with Crippen molar-refractivity contribution in [2.45, 2.75) is 44.9 Å². The summed E-state index contributed by atoms with van der Waals surface area (Å²) >= 11 is 0. The van der Waals surface area contributed by atoms with Gasteiger partial charge < -0.3 is 9.47 Å². The number of allylic oxidation sites excluding steroid dienone is 1. The molecule has 0 amide bonds. The first kappa shape index (κ1) is 19.2. The van der Waals surface area contributed by atoms with E-state index < -0.39 is 5.97 Å². The minimum absolute atomic E-state index is 0.171. The first-order valence-electron chi connectivity index (χ1n) is 9.76. The van der Waals surface area contributed by atoms with Crippen molar-refractivity contribution >= 4 is 11.6 Å². The summed E-state index contributed by atoms with van der Waals surface area (Å²) in [5, 5.41) is 0. The number of ether oxygens (including phenoxy) is 2. The molecule has 0 aromatic carbocycles. The average Bonchev–Trinajstić information content (AvgIpc) is 3.08. The summed E-state index contributed by atoms with van der Waals surface area (Å²) in [6.45, 7) is 8.23. The molecule has 0 atom stereocenters. The summed E-state index contributed by atoms with van der Waals surface area (Å²) in [5.41, 5.74) is 1.83. The Morgan fingerprint density at radius 2 is 2.07 bits per heavy atom. The zero-order valence-corrected chi connectivity index (χ0v) is 15.9. The van der Waals surface area contributed by atoms with Crippen LogP contribution in [-0.4, -0.2) is 28.6 Å². The summed E-state index contributed by atoms with van der Waals surface area (Å²) in [6.07, 6.45) is 12.9. The second-order valence-corrected chi connectivity index (χ2v) is 7.00.